The summed E-state index contributed by atoms with van der Waals surface area (Å²) in [4.78, 5) is 10.9. The summed E-state index contributed by atoms with van der Waals surface area (Å²) in [5.74, 6) is -0.914. The van der Waals surface area contributed by atoms with Gasteiger partial charge >= 0.3 is 5.97 Å². The molecule has 0 fully saturated rings. The zero-order valence-corrected chi connectivity index (χ0v) is 9.24. The Morgan fingerprint density at radius 1 is 1.40 bits per heavy atom. The number of aliphatic hydroxyl groups is 1. The first kappa shape index (κ1) is 11.7. The highest BCUT2D eigenvalue weighted by atomic mass is 16.4. The molecule has 1 aromatic carbocycles. The van der Waals surface area contributed by atoms with Gasteiger partial charge in [0.05, 0.1) is 11.7 Å². The Morgan fingerprint density at radius 2 is 2.00 bits per heavy atom. The Balaban J connectivity index is 3.17. The Kier molecular flexibility index (Phi) is 3.48. The van der Waals surface area contributed by atoms with Crippen LogP contribution in [0.4, 0.5) is 0 Å². The summed E-state index contributed by atoms with van der Waals surface area (Å²) < 4.78 is 0. The Hall–Kier alpha value is -1.35. The van der Waals surface area contributed by atoms with Crippen molar-refractivity contribution in [3.05, 3.63) is 34.4 Å². The fraction of sp³-hybridized carbons (Fsp3) is 0.417. The molecule has 0 bridgehead atoms. The molecular weight excluding hydrogens is 192 g/mol. The summed E-state index contributed by atoms with van der Waals surface area (Å²) in [7, 11) is 0. The average Bonchev–Trinajstić information content (AvgIpc) is 2.09. The van der Waals surface area contributed by atoms with Crippen LogP contribution in [0.2, 0.25) is 0 Å². The average molecular weight is 208 g/mol. The van der Waals surface area contributed by atoms with E-state index in [1.165, 1.54) is 0 Å². The summed E-state index contributed by atoms with van der Waals surface area (Å²) in [5, 5.41) is 18.2. The molecule has 15 heavy (non-hydrogen) atoms. The highest BCUT2D eigenvalue weighted by molar-refractivity contribution is 5.90. The summed E-state index contributed by atoms with van der Waals surface area (Å²) in [6.07, 6.45) is 0.0373. The van der Waals surface area contributed by atoms with Crippen LogP contribution in [0.15, 0.2) is 12.1 Å². The minimum atomic E-state index is -0.914. The number of benzene rings is 1. The molecule has 0 saturated carbocycles. The number of aromatic carboxylic acids is 1. The zero-order chi connectivity index (χ0) is 11.6. The molecule has 1 rings (SSSR count). The number of carboxylic acids is 1. The number of aryl methyl sites for hydroxylation is 1. The van der Waals surface area contributed by atoms with E-state index >= 15 is 0 Å². The van der Waals surface area contributed by atoms with Gasteiger partial charge in [-0.1, -0.05) is 6.07 Å². The molecule has 0 radical (unpaired) electrons. The highest BCUT2D eigenvalue weighted by Crippen LogP contribution is 2.17. The fourth-order valence-corrected chi connectivity index (χ4v) is 1.62. The molecule has 1 atom stereocenters. The second-order valence-electron chi connectivity index (χ2n) is 3.94. The van der Waals surface area contributed by atoms with Crippen LogP contribution in [0.1, 0.15) is 34.0 Å². The van der Waals surface area contributed by atoms with Crippen molar-refractivity contribution in [1.82, 2.24) is 0 Å². The van der Waals surface area contributed by atoms with Gasteiger partial charge in [0.1, 0.15) is 0 Å². The number of carboxylic acid groups (broad SMARTS) is 1. The predicted molar refractivity (Wildman–Crippen MR) is 58.3 cm³/mol. The Bertz CT molecular complexity index is 381. The van der Waals surface area contributed by atoms with Crippen LogP contribution in [0, 0.1) is 13.8 Å². The summed E-state index contributed by atoms with van der Waals surface area (Å²) in [6, 6.07) is 3.56. The lowest BCUT2D eigenvalue weighted by molar-refractivity contribution is 0.0695. The maximum absolute atomic E-state index is 10.9. The molecule has 0 spiro atoms. The van der Waals surface area contributed by atoms with Crippen LogP contribution in [-0.4, -0.2) is 22.3 Å². The molecule has 0 aliphatic rings. The molecule has 0 saturated heterocycles. The van der Waals surface area contributed by atoms with E-state index in [1.807, 2.05) is 13.0 Å². The fourth-order valence-electron chi connectivity index (χ4n) is 1.62. The van der Waals surface area contributed by atoms with Crippen molar-refractivity contribution in [3.63, 3.8) is 0 Å². The molecule has 82 valence electrons. The van der Waals surface area contributed by atoms with E-state index in [0.29, 0.717) is 12.0 Å². The van der Waals surface area contributed by atoms with Crippen LogP contribution in [-0.2, 0) is 6.42 Å². The van der Waals surface area contributed by atoms with Crippen molar-refractivity contribution >= 4 is 5.97 Å². The van der Waals surface area contributed by atoms with E-state index in [1.54, 1.807) is 19.9 Å². The molecular formula is C12H16O3. The van der Waals surface area contributed by atoms with Gasteiger partial charge in [0.2, 0.25) is 0 Å². The Morgan fingerprint density at radius 3 is 2.47 bits per heavy atom. The lowest BCUT2D eigenvalue weighted by Crippen LogP contribution is -2.08. The van der Waals surface area contributed by atoms with Gasteiger partial charge in [-0.2, -0.15) is 0 Å². The predicted octanol–water partition coefficient (Wildman–Crippen LogP) is 1.92. The van der Waals surface area contributed by atoms with Gasteiger partial charge < -0.3 is 10.2 Å². The third-order valence-electron chi connectivity index (χ3n) is 2.49. The first-order valence-electron chi connectivity index (χ1n) is 4.93. The quantitative estimate of drug-likeness (QED) is 0.798. The molecule has 0 heterocycles. The lowest BCUT2D eigenvalue weighted by atomic mass is 9.97. The van der Waals surface area contributed by atoms with Gasteiger partial charge in [0.25, 0.3) is 0 Å². The van der Waals surface area contributed by atoms with Crippen LogP contribution in [0.3, 0.4) is 0 Å². The van der Waals surface area contributed by atoms with Crippen molar-refractivity contribution in [1.29, 1.82) is 0 Å². The van der Waals surface area contributed by atoms with Crippen molar-refractivity contribution in [3.8, 4) is 0 Å². The monoisotopic (exact) mass is 208 g/mol. The van der Waals surface area contributed by atoms with Gasteiger partial charge in [-0.25, -0.2) is 4.79 Å². The van der Waals surface area contributed by atoms with Crippen molar-refractivity contribution in [2.24, 2.45) is 0 Å². The van der Waals surface area contributed by atoms with Gasteiger partial charge in [-0.15, -0.1) is 0 Å². The van der Waals surface area contributed by atoms with Gasteiger partial charge in [0, 0.05) is 0 Å². The van der Waals surface area contributed by atoms with E-state index < -0.39 is 12.1 Å². The number of hydrogen-bond acceptors (Lipinski definition) is 2. The van der Waals surface area contributed by atoms with Crippen LogP contribution >= 0.6 is 0 Å². The molecule has 0 aromatic heterocycles. The van der Waals surface area contributed by atoms with Crippen molar-refractivity contribution < 1.29 is 15.0 Å². The lowest BCUT2D eigenvalue weighted by Gasteiger charge is -2.10. The first-order valence-corrected chi connectivity index (χ1v) is 4.93. The molecule has 2 N–H and O–H groups in total. The summed E-state index contributed by atoms with van der Waals surface area (Å²) >= 11 is 0. The van der Waals surface area contributed by atoms with E-state index in [0.717, 1.165) is 16.7 Å². The molecule has 3 nitrogen and oxygen atoms in total. The maximum Gasteiger partial charge on any atom is 0.335 e. The standard InChI is InChI=1S/C12H16O3/c1-7-4-10(5-8(2)13)6-11(9(7)3)12(14)15/h4,6,8,13H,5H2,1-3H3,(H,14,15). The molecule has 0 aliphatic heterocycles. The van der Waals surface area contributed by atoms with Crippen LogP contribution in [0.5, 0.6) is 0 Å². The molecule has 1 unspecified atom stereocenters. The molecule has 1 aromatic rings. The van der Waals surface area contributed by atoms with E-state index in [9.17, 15) is 9.90 Å². The third-order valence-corrected chi connectivity index (χ3v) is 2.49. The van der Waals surface area contributed by atoms with Crippen LogP contribution < -0.4 is 0 Å². The minimum absolute atomic E-state index is 0.325. The molecule has 0 aliphatic carbocycles. The minimum Gasteiger partial charge on any atom is -0.478 e. The number of rotatable bonds is 3. The zero-order valence-electron chi connectivity index (χ0n) is 9.24. The van der Waals surface area contributed by atoms with Gasteiger partial charge in [-0.05, 0) is 49.9 Å². The molecule has 0 amide bonds. The van der Waals surface area contributed by atoms with E-state index in [2.05, 4.69) is 0 Å². The van der Waals surface area contributed by atoms with Crippen molar-refractivity contribution in [2.45, 2.75) is 33.3 Å². The summed E-state index contributed by atoms with van der Waals surface area (Å²) in [5.41, 5.74) is 2.93. The van der Waals surface area contributed by atoms with E-state index in [4.69, 9.17) is 5.11 Å². The Labute approximate surface area is 89.4 Å². The second kappa shape index (κ2) is 4.45. The highest BCUT2D eigenvalue weighted by Gasteiger charge is 2.11. The maximum atomic E-state index is 10.9. The largest absolute Gasteiger partial charge is 0.478 e. The van der Waals surface area contributed by atoms with Crippen molar-refractivity contribution in [2.75, 3.05) is 0 Å². The van der Waals surface area contributed by atoms with Crippen LogP contribution in [0.25, 0.3) is 0 Å². The normalized spacial score (nSPS) is 12.5. The summed E-state index contributed by atoms with van der Waals surface area (Å²) in [6.45, 7) is 5.37. The number of hydrogen-bond donors (Lipinski definition) is 2. The SMILES string of the molecule is Cc1cc(CC(C)O)cc(C(=O)O)c1C. The second-order valence-corrected chi connectivity index (χ2v) is 3.94. The van der Waals surface area contributed by atoms with Gasteiger partial charge in [-0.3, -0.25) is 0 Å². The van der Waals surface area contributed by atoms with E-state index in [-0.39, 0.29) is 0 Å². The van der Waals surface area contributed by atoms with Gasteiger partial charge in [0.15, 0.2) is 0 Å². The number of aliphatic hydroxyl groups excluding tert-OH is 1. The first-order chi connectivity index (χ1) is 6.91. The smallest absolute Gasteiger partial charge is 0.335 e. The third kappa shape index (κ3) is 2.80. The molecule has 3 heteroatoms. The topological polar surface area (TPSA) is 57.5 Å². The number of carbonyl (C=O) groups is 1.